The standard InChI is InChI=1S/C16H13N3O4/c1-11-3-2-4-13(9-11)15-18-17-14(23-15)10-22-16(20)12-5-7-19(21)8-6-12/h2-9H,10H2,1H3. The fourth-order valence-electron chi connectivity index (χ4n) is 1.97. The second kappa shape index (κ2) is 6.27. The summed E-state index contributed by atoms with van der Waals surface area (Å²) in [5, 5.41) is 18.7. The molecule has 3 rings (SSSR count). The molecule has 0 aliphatic carbocycles. The molecular formula is C16H13N3O4. The minimum absolute atomic E-state index is 0.135. The third-order valence-corrected chi connectivity index (χ3v) is 3.10. The quantitative estimate of drug-likeness (QED) is 0.416. The van der Waals surface area contributed by atoms with E-state index in [1.54, 1.807) is 0 Å². The first-order valence-electron chi connectivity index (χ1n) is 6.87. The summed E-state index contributed by atoms with van der Waals surface area (Å²) < 4.78 is 11.1. The van der Waals surface area contributed by atoms with Crippen LogP contribution in [0.2, 0.25) is 0 Å². The average molecular weight is 311 g/mol. The Balaban J connectivity index is 1.65. The number of esters is 1. The van der Waals surface area contributed by atoms with Crippen molar-refractivity contribution < 1.29 is 18.7 Å². The molecule has 3 aromatic rings. The molecule has 23 heavy (non-hydrogen) atoms. The normalized spacial score (nSPS) is 10.5. The number of benzene rings is 1. The summed E-state index contributed by atoms with van der Waals surface area (Å²) in [5.74, 6) is -0.00237. The van der Waals surface area contributed by atoms with Crippen molar-refractivity contribution in [2.75, 3.05) is 0 Å². The maximum absolute atomic E-state index is 11.8. The molecule has 0 atom stereocenters. The molecule has 0 aliphatic rings. The zero-order chi connectivity index (χ0) is 16.2. The molecule has 0 bridgehead atoms. The van der Waals surface area contributed by atoms with Crippen LogP contribution in [0, 0.1) is 12.1 Å². The van der Waals surface area contributed by atoms with Gasteiger partial charge in [-0.25, -0.2) is 4.79 Å². The third-order valence-electron chi connectivity index (χ3n) is 3.10. The highest BCUT2D eigenvalue weighted by Gasteiger charge is 2.13. The SMILES string of the molecule is Cc1cccc(-c2nnc(COC(=O)c3cc[n+]([O-])cc3)o2)c1. The Morgan fingerprint density at radius 2 is 2.04 bits per heavy atom. The number of aromatic nitrogens is 3. The zero-order valence-electron chi connectivity index (χ0n) is 12.3. The van der Waals surface area contributed by atoms with Crippen molar-refractivity contribution in [3.05, 3.63) is 71.0 Å². The molecule has 116 valence electrons. The van der Waals surface area contributed by atoms with E-state index in [1.807, 2.05) is 31.2 Å². The van der Waals surface area contributed by atoms with Crippen LogP contribution in [-0.4, -0.2) is 16.2 Å². The Bertz CT molecular complexity index is 827. The van der Waals surface area contributed by atoms with E-state index in [0.29, 0.717) is 10.6 Å². The molecule has 0 spiro atoms. The van der Waals surface area contributed by atoms with Crippen molar-refractivity contribution in [3.8, 4) is 11.5 Å². The maximum atomic E-state index is 11.8. The van der Waals surface area contributed by atoms with Gasteiger partial charge in [0.15, 0.2) is 19.0 Å². The van der Waals surface area contributed by atoms with Gasteiger partial charge in [-0.3, -0.25) is 0 Å². The number of carbonyl (C=O) groups is 1. The Kier molecular flexibility index (Phi) is 4.01. The summed E-state index contributed by atoms with van der Waals surface area (Å²) in [4.78, 5) is 11.8. The molecule has 7 heteroatoms. The second-order valence-electron chi connectivity index (χ2n) is 4.89. The van der Waals surface area contributed by atoms with E-state index in [1.165, 1.54) is 24.5 Å². The van der Waals surface area contributed by atoms with Gasteiger partial charge in [-0.05, 0) is 19.1 Å². The zero-order valence-corrected chi connectivity index (χ0v) is 12.3. The fraction of sp³-hybridized carbons (Fsp3) is 0.125. The summed E-state index contributed by atoms with van der Waals surface area (Å²) in [6, 6.07) is 10.4. The first kappa shape index (κ1) is 14.7. The summed E-state index contributed by atoms with van der Waals surface area (Å²) in [7, 11) is 0. The lowest BCUT2D eigenvalue weighted by Gasteiger charge is -2.01. The van der Waals surface area contributed by atoms with Gasteiger partial charge < -0.3 is 14.4 Å². The van der Waals surface area contributed by atoms with Crippen LogP contribution >= 0.6 is 0 Å². The van der Waals surface area contributed by atoms with Crippen LogP contribution < -0.4 is 4.73 Å². The van der Waals surface area contributed by atoms with Gasteiger partial charge in [-0.1, -0.05) is 17.7 Å². The number of hydrogen-bond donors (Lipinski definition) is 0. The summed E-state index contributed by atoms with van der Waals surface area (Å²) >= 11 is 0. The summed E-state index contributed by atoms with van der Waals surface area (Å²) in [6.07, 6.45) is 2.44. The monoisotopic (exact) mass is 311 g/mol. The van der Waals surface area contributed by atoms with Gasteiger partial charge in [0.05, 0.1) is 5.56 Å². The van der Waals surface area contributed by atoms with Gasteiger partial charge in [0, 0.05) is 17.7 Å². The van der Waals surface area contributed by atoms with Crippen molar-refractivity contribution in [3.63, 3.8) is 0 Å². The lowest BCUT2D eigenvalue weighted by Crippen LogP contribution is -2.24. The number of hydrogen-bond acceptors (Lipinski definition) is 6. The third kappa shape index (κ3) is 3.52. The molecule has 0 saturated carbocycles. The van der Waals surface area contributed by atoms with Gasteiger partial charge in [0.2, 0.25) is 5.89 Å². The van der Waals surface area contributed by atoms with Crippen LogP contribution in [0.15, 0.2) is 53.2 Å². The second-order valence-corrected chi connectivity index (χ2v) is 4.89. The van der Waals surface area contributed by atoms with E-state index in [9.17, 15) is 10.0 Å². The van der Waals surface area contributed by atoms with Gasteiger partial charge in [0.1, 0.15) is 0 Å². The largest absolute Gasteiger partial charge is 0.619 e. The summed E-state index contributed by atoms with van der Waals surface area (Å²) in [5.41, 5.74) is 2.15. The molecular weight excluding hydrogens is 298 g/mol. The summed E-state index contributed by atoms with van der Waals surface area (Å²) in [6.45, 7) is 1.83. The predicted molar refractivity (Wildman–Crippen MR) is 79.0 cm³/mol. The number of carbonyl (C=O) groups excluding carboxylic acids is 1. The topological polar surface area (TPSA) is 92.2 Å². The van der Waals surface area contributed by atoms with Crippen molar-refractivity contribution in [1.82, 2.24) is 10.2 Å². The van der Waals surface area contributed by atoms with Crippen molar-refractivity contribution in [2.45, 2.75) is 13.5 Å². The smallest absolute Gasteiger partial charge is 0.339 e. The molecule has 7 nitrogen and oxygen atoms in total. The van der Waals surface area contributed by atoms with E-state index in [2.05, 4.69) is 10.2 Å². The highest BCUT2D eigenvalue weighted by Crippen LogP contribution is 2.19. The molecule has 0 unspecified atom stereocenters. The maximum Gasteiger partial charge on any atom is 0.339 e. The Morgan fingerprint density at radius 3 is 2.78 bits per heavy atom. The van der Waals surface area contributed by atoms with Gasteiger partial charge in [-0.2, -0.15) is 4.73 Å². The first-order chi connectivity index (χ1) is 11.1. The molecule has 0 aliphatic heterocycles. The predicted octanol–water partition coefficient (Wildman–Crippen LogP) is 2.04. The molecule has 0 saturated heterocycles. The minimum Gasteiger partial charge on any atom is -0.619 e. The molecule has 0 radical (unpaired) electrons. The molecule has 2 heterocycles. The van der Waals surface area contributed by atoms with Gasteiger partial charge in [-0.15, -0.1) is 10.2 Å². The molecule has 2 aromatic heterocycles. The van der Waals surface area contributed by atoms with Crippen LogP contribution in [-0.2, 0) is 11.3 Å². The van der Waals surface area contributed by atoms with Gasteiger partial charge >= 0.3 is 5.97 Å². The van der Waals surface area contributed by atoms with E-state index >= 15 is 0 Å². The number of pyridine rings is 1. The minimum atomic E-state index is -0.569. The lowest BCUT2D eigenvalue weighted by molar-refractivity contribution is -0.605. The molecule has 1 aromatic carbocycles. The van der Waals surface area contributed by atoms with Crippen LogP contribution in [0.5, 0.6) is 0 Å². The molecule has 0 N–H and O–H groups in total. The van der Waals surface area contributed by atoms with Crippen molar-refractivity contribution in [2.24, 2.45) is 0 Å². The number of aryl methyl sites for hydroxylation is 1. The lowest BCUT2D eigenvalue weighted by atomic mass is 10.1. The van der Waals surface area contributed by atoms with Crippen molar-refractivity contribution >= 4 is 5.97 Å². The van der Waals surface area contributed by atoms with E-state index in [4.69, 9.17) is 9.15 Å². The average Bonchev–Trinajstić information content (AvgIpc) is 3.02. The Labute approximate surface area is 131 Å². The fourth-order valence-corrected chi connectivity index (χ4v) is 1.97. The van der Waals surface area contributed by atoms with E-state index < -0.39 is 5.97 Å². The highest BCUT2D eigenvalue weighted by molar-refractivity contribution is 5.88. The molecule has 0 amide bonds. The number of ether oxygens (including phenoxy) is 1. The van der Waals surface area contributed by atoms with E-state index in [-0.39, 0.29) is 18.1 Å². The van der Waals surface area contributed by atoms with Crippen LogP contribution in [0.25, 0.3) is 11.5 Å². The number of rotatable bonds is 4. The van der Waals surface area contributed by atoms with Crippen LogP contribution in [0.4, 0.5) is 0 Å². The number of nitrogens with zero attached hydrogens (tertiary/aromatic N) is 3. The first-order valence-corrected chi connectivity index (χ1v) is 6.87. The van der Waals surface area contributed by atoms with Crippen LogP contribution in [0.1, 0.15) is 21.8 Å². The van der Waals surface area contributed by atoms with Gasteiger partial charge in [0.25, 0.3) is 5.89 Å². The van der Waals surface area contributed by atoms with Crippen molar-refractivity contribution in [1.29, 1.82) is 0 Å². The Hall–Kier alpha value is -3.22. The highest BCUT2D eigenvalue weighted by atomic mass is 16.5. The van der Waals surface area contributed by atoms with Crippen LogP contribution in [0.3, 0.4) is 0 Å². The van der Waals surface area contributed by atoms with E-state index in [0.717, 1.165) is 11.1 Å². The Morgan fingerprint density at radius 1 is 1.26 bits per heavy atom. The molecule has 0 fully saturated rings.